The van der Waals surface area contributed by atoms with Crippen molar-refractivity contribution in [1.82, 2.24) is 0 Å². The van der Waals surface area contributed by atoms with Crippen LogP contribution in [0.25, 0.3) is 87.6 Å². The topological polar surface area (TPSA) is 16.4 Å². The maximum atomic E-state index is 6.98. The second kappa shape index (κ2) is 13.2. The minimum absolute atomic E-state index is 0.863. The summed E-state index contributed by atoms with van der Waals surface area (Å²) in [5.41, 5.74) is 11.8. The number of hydrogen-bond donors (Lipinski definition) is 0. The molecule has 0 bridgehead atoms. The number of anilines is 3. The Hall–Kier alpha value is -7.42. The standard InChI is InChI=1S/C54H35NO/c1-3-15-36(16-4-1)40-30-31-43(38-17-5-2-6-18-38)51(35-40)55(49-27-14-26-44-42-23-10-8-20-39(42)29-32-46(44)49)50-34-33-47(45-25-13-21-37-19-7-9-22-41(37)45)54-53(50)48-24-11-12-28-52(48)56-54/h1-35H. The molecule has 11 rings (SSSR count). The molecule has 0 atom stereocenters. The molecule has 262 valence electrons. The van der Waals surface area contributed by atoms with Gasteiger partial charge >= 0.3 is 0 Å². The van der Waals surface area contributed by atoms with Gasteiger partial charge in [0.15, 0.2) is 0 Å². The summed E-state index contributed by atoms with van der Waals surface area (Å²) in [6.07, 6.45) is 0. The second-order valence-electron chi connectivity index (χ2n) is 14.4. The molecule has 1 aromatic heterocycles. The van der Waals surface area contributed by atoms with Crippen LogP contribution in [-0.2, 0) is 0 Å². The lowest BCUT2D eigenvalue weighted by Crippen LogP contribution is -2.12. The summed E-state index contributed by atoms with van der Waals surface area (Å²) in [6, 6.07) is 76.5. The summed E-state index contributed by atoms with van der Waals surface area (Å²) >= 11 is 0. The van der Waals surface area contributed by atoms with Crippen LogP contribution in [0.1, 0.15) is 0 Å². The number of fused-ring (bicyclic) bond motifs is 7. The van der Waals surface area contributed by atoms with Crippen LogP contribution in [0.5, 0.6) is 0 Å². The van der Waals surface area contributed by atoms with Crippen LogP contribution in [0.2, 0.25) is 0 Å². The van der Waals surface area contributed by atoms with Crippen LogP contribution < -0.4 is 4.90 Å². The van der Waals surface area contributed by atoms with Crippen molar-refractivity contribution in [3.63, 3.8) is 0 Å². The van der Waals surface area contributed by atoms with Crippen molar-refractivity contribution in [2.45, 2.75) is 0 Å². The highest BCUT2D eigenvalue weighted by molar-refractivity contribution is 6.21. The molecule has 0 aliphatic carbocycles. The largest absolute Gasteiger partial charge is 0.455 e. The van der Waals surface area contributed by atoms with E-state index in [1.807, 2.05) is 0 Å². The van der Waals surface area contributed by atoms with E-state index >= 15 is 0 Å². The van der Waals surface area contributed by atoms with E-state index in [9.17, 15) is 0 Å². The second-order valence-corrected chi connectivity index (χ2v) is 14.4. The van der Waals surface area contributed by atoms with Crippen LogP contribution in [0.3, 0.4) is 0 Å². The third-order valence-electron chi connectivity index (χ3n) is 11.3. The summed E-state index contributed by atoms with van der Waals surface area (Å²) in [5, 5.41) is 9.41. The van der Waals surface area contributed by atoms with Gasteiger partial charge < -0.3 is 9.32 Å². The monoisotopic (exact) mass is 713 g/mol. The van der Waals surface area contributed by atoms with Gasteiger partial charge in [-0.3, -0.25) is 0 Å². The van der Waals surface area contributed by atoms with Gasteiger partial charge in [0.05, 0.1) is 22.4 Å². The zero-order valence-electron chi connectivity index (χ0n) is 30.6. The number of furan rings is 1. The van der Waals surface area contributed by atoms with Crippen molar-refractivity contribution in [2.75, 3.05) is 4.90 Å². The lowest BCUT2D eigenvalue weighted by atomic mass is 9.93. The Labute approximate surface area is 325 Å². The molecule has 0 radical (unpaired) electrons. The average Bonchev–Trinajstić information content (AvgIpc) is 3.67. The summed E-state index contributed by atoms with van der Waals surface area (Å²) in [5.74, 6) is 0. The number of para-hydroxylation sites is 1. The van der Waals surface area contributed by atoms with E-state index in [1.54, 1.807) is 0 Å². The highest BCUT2D eigenvalue weighted by Crippen LogP contribution is 2.51. The van der Waals surface area contributed by atoms with Gasteiger partial charge in [0, 0.05) is 21.9 Å². The molecule has 0 saturated carbocycles. The molecule has 56 heavy (non-hydrogen) atoms. The predicted octanol–water partition coefficient (Wildman–Crippen LogP) is 15.5. The lowest BCUT2D eigenvalue weighted by molar-refractivity contribution is 0.670. The first-order chi connectivity index (χ1) is 27.8. The normalized spacial score (nSPS) is 11.6. The smallest absolute Gasteiger partial charge is 0.145 e. The van der Waals surface area contributed by atoms with Crippen LogP contribution in [0, 0.1) is 0 Å². The third kappa shape index (κ3) is 5.19. The van der Waals surface area contributed by atoms with Gasteiger partial charge in [0.1, 0.15) is 11.2 Å². The fourth-order valence-electron chi connectivity index (χ4n) is 8.67. The predicted molar refractivity (Wildman–Crippen MR) is 237 cm³/mol. The van der Waals surface area contributed by atoms with Crippen molar-refractivity contribution in [3.05, 3.63) is 212 Å². The summed E-state index contributed by atoms with van der Waals surface area (Å²) in [4.78, 5) is 2.49. The summed E-state index contributed by atoms with van der Waals surface area (Å²) < 4.78 is 6.98. The molecule has 0 saturated heterocycles. The van der Waals surface area contributed by atoms with E-state index in [4.69, 9.17) is 4.42 Å². The molecule has 10 aromatic carbocycles. The Kier molecular flexibility index (Phi) is 7.53. The number of rotatable bonds is 6. The first-order valence-electron chi connectivity index (χ1n) is 19.2. The van der Waals surface area contributed by atoms with Crippen molar-refractivity contribution in [1.29, 1.82) is 0 Å². The molecular formula is C54H35NO. The molecule has 2 nitrogen and oxygen atoms in total. The van der Waals surface area contributed by atoms with E-state index in [-0.39, 0.29) is 0 Å². The zero-order valence-corrected chi connectivity index (χ0v) is 30.6. The van der Waals surface area contributed by atoms with Crippen molar-refractivity contribution in [2.24, 2.45) is 0 Å². The van der Waals surface area contributed by atoms with Gasteiger partial charge in [-0.15, -0.1) is 0 Å². The van der Waals surface area contributed by atoms with Crippen molar-refractivity contribution < 1.29 is 4.42 Å². The molecule has 0 aliphatic rings. The van der Waals surface area contributed by atoms with Gasteiger partial charge in [-0.2, -0.15) is 0 Å². The maximum Gasteiger partial charge on any atom is 0.145 e. The summed E-state index contributed by atoms with van der Waals surface area (Å²) in [7, 11) is 0. The minimum Gasteiger partial charge on any atom is -0.455 e. The van der Waals surface area contributed by atoms with Gasteiger partial charge in [0.25, 0.3) is 0 Å². The van der Waals surface area contributed by atoms with Gasteiger partial charge in [-0.1, -0.05) is 182 Å². The number of benzene rings is 10. The first-order valence-corrected chi connectivity index (χ1v) is 19.2. The van der Waals surface area contributed by atoms with E-state index < -0.39 is 0 Å². The number of hydrogen-bond acceptors (Lipinski definition) is 2. The van der Waals surface area contributed by atoms with Crippen LogP contribution in [-0.4, -0.2) is 0 Å². The molecule has 1 heterocycles. The van der Waals surface area contributed by atoms with Gasteiger partial charge in [-0.05, 0) is 79.5 Å². The van der Waals surface area contributed by atoms with E-state index in [2.05, 4.69) is 217 Å². The average molecular weight is 714 g/mol. The molecular weight excluding hydrogens is 679 g/mol. The highest BCUT2D eigenvalue weighted by Gasteiger charge is 2.26. The highest BCUT2D eigenvalue weighted by atomic mass is 16.3. The van der Waals surface area contributed by atoms with Crippen molar-refractivity contribution >= 4 is 71.3 Å². The van der Waals surface area contributed by atoms with E-state index in [0.717, 1.165) is 66.8 Å². The Morgan fingerprint density at radius 3 is 1.75 bits per heavy atom. The Bertz CT molecular complexity index is 3250. The van der Waals surface area contributed by atoms with E-state index in [0.29, 0.717) is 0 Å². The zero-order chi connectivity index (χ0) is 37.0. The van der Waals surface area contributed by atoms with Gasteiger partial charge in [0.2, 0.25) is 0 Å². The van der Waals surface area contributed by atoms with Gasteiger partial charge in [-0.25, -0.2) is 0 Å². The van der Waals surface area contributed by atoms with Crippen LogP contribution in [0.15, 0.2) is 217 Å². The molecule has 0 aliphatic heterocycles. The molecule has 2 heteroatoms. The molecule has 11 aromatic rings. The molecule has 0 fully saturated rings. The lowest BCUT2D eigenvalue weighted by Gasteiger charge is -2.30. The molecule has 0 amide bonds. The SMILES string of the molecule is c1ccc(-c2ccc(-c3ccccc3)c(N(c3cccc4c3ccc3ccccc34)c3ccc(-c4cccc5ccccc45)c4oc5ccccc5c34)c2)cc1. The Balaban J connectivity index is 1.29. The molecule has 0 spiro atoms. The summed E-state index contributed by atoms with van der Waals surface area (Å²) in [6.45, 7) is 0. The van der Waals surface area contributed by atoms with Crippen LogP contribution >= 0.6 is 0 Å². The maximum absolute atomic E-state index is 6.98. The van der Waals surface area contributed by atoms with Crippen LogP contribution in [0.4, 0.5) is 17.1 Å². The molecule has 0 unspecified atom stereocenters. The number of nitrogens with zero attached hydrogens (tertiary/aromatic N) is 1. The third-order valence-corrected chi connectivity index (χ3v) is 11.3. The van der Waals surface area contributed by atoms with E-state index in [1.165, 1.54) is 37.9 Å². The minimum atomic E-state index is 0.863. The Morgan fingerprint density at radius 1 is 0.304 bits per heavy atom. The molecule has 0 N–H and O–H groups in total. The fourth-order valence-corrected chi connectivity index (χ4v) is 8.67. The fraction of sp³-hybridized carbons (Fsp3) is 0. The quantitative estimate of drug-likeness (QED) is 0.160. The van der Waals surface area contributed by atoms with Crippen molar-refractivity contribution in [3.8, 4) is 33.4 Å². The Morgan fingerprint density at radius 2 is 0.929 bits per heavy atom. The first kappa shape index (κ1) is 32.0.